The summed E-state index contributed by atoms with van der Waals surface area (Å²) in [6, 6.07) is 95.0. The van der Waals surface area contributed by atoms with Gasteiger partial charge in [0.2, 0.25) is 0 Å². The molecular weight excluding hydrogens is 811 g/mol. The minimum Gasteiger partial charge on any atom is -0.456 e. The lowest BCUT2D eigenvalue weighted by Gasteiger charge is -2.34. The molecule has 0 atom stereocenters. The lowest BCUT2D eigenvalue weighted by Crippen LogP contribution is -2.28. The van der Waals surface area contributed by atoms with E-state index in [1.165, 1.54) is 60.8 Å². The fourth-order valence-corrected chi connectivity index (χ4v) is 10.9. The van der Waals surface area contributed by atoms with Gasteiger partial charge in [0.25, 0.3) is 0 Å². The molecule has 1 aliphatic carbocycles. The SMILES string of the molecule is c1ccc(C2(c3ccccc3)c3ccccc3-c3ccc(-c4ccc(N(c5ccc(-c6cccc7ccccc67)cc5)c5ccccc5-c5ccc6c(c5)oc5ccccc56)cc4)cc32)cc1. The molecule has 0 aliphatic heterocycles. The number of anilines is 3. The molecule has 0 radical (unpaired) electrons. The van der Waals surface area contributed by atoms with Crippen LogP contribution in [0.1, 0.15) is 22.3 Å². The summed E-state index contributed by atoms with van der Waals surface area (Å²) in [5.74, 6) is 0. The third kappa shape index (κ3) is 6.26. The second-order valence-electron chi connectivity index (χ2n) is 17.6. The Morgan fingerprint density at radius 3 is 1.60 bits per heavy atom. The molecule has 0 bridgehead atoms. The van der Waals surface area contributed by atoms with Crippen LogP contribution in [0.25, 0.3) is 77.2 Å². The van der Waals surface area contributed by atoms with Crippen LogP contribution in [-0.4, -0.2) is 0 Å². The van der Waals surface area contributed by atoms with Crippen LogP contribution in [0, 0.1) is 0 Å². The van der Waals surface area contributed by atoms with Gasteiger partial charge in [-0.25, -0.2) is 0 Å². The molecule has 1 heterocycles. The van der Waals surface area contributed by atoms with E-state index in [2.05, 4.69) is 254 Å². The van der Waals surface area contributed by atoms with Gasteiger partial charge >= 0.3 is 0 Å². The lowest BCUT2D eigenvalue weighted by molar-refractivity contribution is 0.669. The predicted octanol–water partition coefficient (Wildman–Crippen LogP) is 17.6. The van der Waals surface area contributed by atoms with Crippen molar-refractivity contribution in [3.63, 3.8) is 0 Å². The minimum atomic E-state index is -0.464. The van der Waals surface area contributed by atoms with Crippen LogP contribution in [0.2, 0.25) is 0 Å². The van der Waals surface area contributed by atoms with Crippen LogP contribution in [0.3, 0.4) is 0 Å². The Labute approximate surface area is 390 Å². The third-order valence-corrected chi connectivity index (χ3v) is 14.0. The molecule has 0 amide bonds. The molecule has 2 nitrogen and oxygen atoms in total. The Balaban J connectivity index is 0.946. The molecule has 314 valence electrons. The van der Waals surface area contributed by atoms with Crippen molar-refractivity contribution in [2.45, 2.75) is 5.41 Å². The van der Waals surface area contributed by atoms with Crippen LogP contribution in [0.15, 0.2) is 265 Å². The quantitative estimate of drug-likeness (QED) is 0.151. The van der Waals surface area contributed by atoms with Crippen molar-refractivity contribution in [3.8, 4) is 44.5 Å². The summed E-state index contributed by atoms with van der Waals surface area (Å²) < 4.78 is 6.42. The summed E-state index contributed by atoms with van der Waals surface area (Å²) in [5.41, 5.74) is 19.2. The van der Waals surface area contributed by atoms with Gasteiger partial charge in [-0.1, -0.05) is 206 Å². The molecule has 0 N–H and O–H groups in total. The van der Waals surface area contributed by atoms with Gasteiger partial charge in [0.1, 0.15) is 11.2 Å². The van der Waals surface area contributed by atoms with Gasteiger partial charge in [-0.2, -0.15) is 0 Å². The van der Waals surface area contributed by atoms with Crippen LogP contribution in [0.5, 0.6) is 0 Å². The standard InChI is InChI=1S/C65H43NO/c1-3-18-49(19-4-1)65(50-20-5-2-6-21-50)60-27-12-9-24-56(60)57-40-34-47(42-61(57)65)44-30-36-51(37-31-44)66(52-38-32-46(33-39-52)54-26-15-17-45-16-7-8-22-53(45)54)62-28-13-10-23-55(62)48-35-41-59-58-25-11-14-29-63(58)67-64(59)43-48/h1-43H. The zero-order chi connectivity index (χ0) is 44.3. The van der Waals surface area contributed by atoms with Crippen molar-refractivity contribution in [3.05, 3.63) is 283 Å². The minimum absolute atomic E-state index is 0.464. The molecule has 2 heteroatoms. The molecule has 0 spiro atoms. The first-order chi connectivity index (χ1) is 33.2. The van der Waals surface area contributed by atoms with Crippen LogP contribution >= 0.6 is 0 Å². The smallest absolute Gasteiger partial charge is 0.136 e. The summed E-state index contributed by atoms with van der Waals surface area (Å²) in [6.07, 6.45) is 0. The van der Waals surface area contributed by atoms with E-state index in [9.17, 15) is 0 Å². The molecule has 0 saturated heterocycles. The zero-order valence-corrected chi connectivity index (χ0v) is 36.7. The molecule has 1 aromatic heterocycles. The number of benzene rings is 11. The van der Waals surface area contributed by atoms with E-state index in [1.807, 2.05) is 12.1 Å². The lowest BCUT2D eigenvalue weighted by atomic mass is 9.67. The van der Waals surface area contributed by atoms with Gasteiger partial charge in [-0.3, -0.25) is 0 Å². The molecular formula is C65H43NO. The average molecular weight is 854 g/mol. The molecule has 0 fully saturated rings. The van der Waals surface area contributed by atoms with Gasteiger partial charge < -0.3 is 9.32 Å². The molecule has 67 heavy (non-hydrogen) atoms. The Morgan fingerprint density at radius 2 is 0.836 bits per heavy atom. The van der Waals surface area contributed by atoms with Crippen LogP contribution in [-0.2, 0) is 5.41 Å². The number of para-hydroxylation sites is 2. The molecule has 11 aromatic carbocycles. The van der Waals surface area contributed by atoms with Crippen molar-refractivity contribution in [1.82, 2.24) is 0 Å². The summed E-state index contributed by atoms with van der Waals surface area (Å²) >= 11 is 0. The highest BCUT2D eigenvalue weighted by Gasteiger charge is 2.46. The van der Waals surface area contributed by atoms with Gasteiger partial charge in [0, 0.05) is 27.7 Å². The summed E-state index contributed by atoms with van der Waals surface area (Å²) in [4.78, 5) is 2.39. The van der Waals surface area contributed by atoms with Gasteiger partial charge in [-0.05, 0) is 127 Å². The van der Waals surface area contributed by atoms with Crippen molar-refractivity contribution in [1.29, 1.82) is 0 Å². The number of nitrogens with zero attached hydrogens (tertiary/aromatic N) is 1. The maximum atomic E-state index is 6.42. The first kappa shape index (κ1) is 38.7. The van der Waals surface area contributed by atoms with E-state index in [4.69, 9.17) is 4.42 Å². The number of hydrogen-bond donors (Lipinski definition) is 0. The van der Waals surface area contributed by atoms with Crippen molar-refractivity contribution in [2.24, 2.45) is 0 Å². The van der Waals surface area contributed by atoms with Crippen LogP contribution in [0.4, 0.5) is 17.1 Å². The highest BCUT2D eigenvalue weighted by atomic mass is 16.3. The van der Waals surface area contributed by atoms with Crippen molar-refractivity contribution < 1.29 is 4.42 Å². The van der Waals surface area contributed by atoms with E-state index < -0.39 is 5.41 Å². The molecule has 1 aliphatic rings. The van der Waals surface area contributed by atoms with E-state index in [0.717, 1.165) is 55.7 Å². The second-order valence-corrected chi connectivity index (χ2v) is 17.6. The summed E-state index contributed by atoms with van der Waals surface area (Å²) in [7, 11) is 0. The fourth-order valence-electron chi connectivity index (χ4n) is 10.9. The molecule has 0 unspecified atom stereocenters. The topological polar surface area (TPSA) is 16.4 Å². The highest BCUT2D eigenvalue weighted by Crippen LogP contribution is 2.57. The average Bonchev–Trinajstić information content (AvgIpc) is 3.93. The van der Waals surface area contributed by atoms with Crippen molar-refractivity contribution in [2.75, 3.05) is 4.90 Å². The van der Waals surface area contributed by atoms with Gasteiger partial charge in [0.05, 0.1) is 11.1 Å². The Kier molecular flexibility index (Phi) is 9.11. The van der Waals surface area contributed by atoms with Gasteiger partial charge in [0.15, 0.2) is 0 Å². The largest absolute Gasteiger partial charge is 0.456 e. The Morgan fingerprint density at radius 1 is 0.299 bits per heavy atom. The molecule has 0 saturated carbocycles. The number of fused-ring (bicyclic) bond motifs is 7. The maximum absolute atomic E-state index is 6.42. The maximum Gasteiger partial charge on any atom is 0.136 e. The van der Waals surface area contributed by atoms with E-state index in [0.29, 0.717) is 0 Å². The van der Waals surface area contributed by atoms with E-state index >= 15 is 0 Å². The third-order valence-electron chi connectivity index (χ3n) is 14.0. The monoisotopic (exact) mass is 853 g/mol. The Bertz CT molecular complexity index is 3750. The predicted molar refractivity (Wildman–Crippen MR) is 280 cm³/mol. The van der Waals surface area contributed by atoms with Crippen molar-refractivity contribution >= 4 is 49.8 Å². The first-order valence-electron chi connectivity index (χ1n) is 23.1. The van der Waals surface area contributed by atoms with E-state index in [-0.39, 0.29) is 0 Å². The normalized spacial score (nSPS) is 12.6. The number of rotatable bonds is 8. The zero-order valence-electron chi connectivity index (χ0n) is 36.7. The fraction of sp³-hybridized carbons (Fsp3) is 0.0154. The van der Waals surface area contributed by atoms with E-state index in [1.54, 1.807) is 0 Å². The first-order valence-corrected chi connectivity index (χ1v) is 23.1. The Hall–Kier alpha value is -8.72. The second kappa shape index (κ2) is 15.8. The molecule has 13 rings (SSSR count). The van der Waals surface area contributed by atoms with Crippen LogP contribution < -0.4 is 4.90 Å². The summed E-state index contributed by atoms with van der Waals surface area (Å²) in [5, 5.41) is 4.73. The summed E-state index contributed by atoms with van der Waals surface area (Å²) in [6.45, 7) is 0. The number of hydrogen-bond acceptors (Lipinski definition) is 2. The highest BCUT2D eigenvalue weighted by molar-refractivity contribution is 6.06. The van der Waals surface area contributed by atoms with Gasteiger partial charge in [-0.15, -0.1) is 0 Å². The number of furan rings is 1. The molecule has 12 aromatic rings.